The van der Waals surface area contributed by atoms with Crippen molar-refractivity contribution in [3.63, 3.8) is 0 Å². The molecule has 6 atom stereocenters. The number of hydrogen-bond acceptors (Lipinski definition) is 6. The van der Waals surface area contributed by atoms with Gasteiger partial charge in [0.25, 0.3) is 0 Å². The standard InChI is InChI=1S/C30H36F6N4O6/c1-28(2,3)23(39-27(45)30(34,35)36)26(44)40-11-14-19(29(14,4)5)21(40)25(43)38-17(10-13-8-9-37-24(13)42)18(41)12-46-22-16(32)7-6-15(31)20(22)33/h6-7,13-14,17,19,21,23H,8-12H2,1-5H3,(H,37,42)(H,38,43)(H,39,45). The van der Waals surface area contributed by atoms with E-state index in [2.05, 4.69) is 10.6 Å². The lowest BCUT2D eigenvalue weighted by atomic mass is 9.85. The van der Waals surface area contributed by atoms with Crippen LogP contribution in [-0.4, -0.2) is 78.3 Å². The number of carbonyl (C=O) groups excluding carboxylic acids is 5. The van der Waals surface area contributed by atoms with Crippen LogP contribution in [0.3, 0.4) is 0 Å². The van der Waals surface area contributed by atoms with E-state index in [9.17, 15) is 50.3 Å². The van der Waals surface area contributed by atoms with Gasteiger partial charge in [-0.3, -0.25) is 24.0 Å². The maximum absolute atomic E-state index is 14.1. The fraction of sp³-hybridized carbons (Fsp3) is 0.633. The van der Waals surface area contributed by atoms with Crippen LogP contribution in [0.1, 0.15) is 47.5 Å². The molecule has 2 saturated heterocycles. The van der Waals surface area contributed by atoms with Gasteiger partial charge in [-0.2, -0.15) is 17.6 Å². The minimum absolute atomic E-state index is 0.00602. The number of alkyl halides is 3. The van der Waals surface area contributed by atoms with Gasteiger partial charge in [0.2, 0.25) is 23.5 Å². The second kappa shape index (κ2) is 12.4. The first kappa shape index (κ1) is 35.0. The summed E-state index contributed by atoms with van der Waals surface area (Å²) in [4.78, 5) is 66.2. The van der Waals surface area contributed by atoms with Gasteiger partial charge in [-0.05, 0) is 47.6 Å². The second-order valence-corrected chi connectivity index (χ2v) is 13.7. The summed E-state index contributed by atoms with van der Waals surface area (Å²) in [6.07, 6.45) is -5.20. The first-order valence-corrected chi connectivity index (χ1v) is 14.7. The van der Waals surface area contributed by atoms with Crippen LogP contribution in [0, 0.1) is 46.0 Å². The third-order valence-electron chi connectivity index (χ3n) is 9.15. The van der Waals surface area contributed by atoms with Crippen LogP contribution in [0.4, 0.5) is 26.3 Å². The summed E-state index contributed by atoms with van der Waals surface area (Å²) < 4.78 is 86.3. The number of carbonyl (C=O) groups is 5. The predicted molar refractivity (Wildman–Crippen MR) is 148 cm³/mol. The molecule has 0 radical (unpaired) electrons. The number of hydrogen-bond donors (Lipinski definition) is 3. The van der Waals surface area contributed by atoms with Crippen molar-refractivity contribution in [1.82, 2.24) is 20.9 Å². The van der Waals surface area contributed by atoms with E-state index < -0.39 is 106 Å². The normalized spacial score (nSPS) is 24.8. The molecule has 4 amide bonds. The molecule has 16 heteroatoms. The van der Waals surface area contributed by atoms with Crippen molar-refractivity contribution in [2.75, 3.05) is 19.7 Å². The van der Waals surface area contributed by atoms with E-state index in [1.165, 1.54) is 20.8 Å². The number of rotatable bonds is 10. The number of piperidine rings is 1. The number of ketones is 1. The molecule has 1 aromatic carbocycles. The molecule has 0 spiro atoms. The summed E-state index contributed by atoms with van der Waals surface area (Å²) in [5.41, 5.74) is -1.65. The number of halogens is 6. The van der Waals surface area contributed by atoms with Crippen molar-refractivity contribution in [2.24, 2.45) is 28.6 Å². The van der Waals surface area contributed by atoms with Crippen LogP contribution in [0.2, 0.25) is 0 Å². The summed E-state index contributed by atoms with van der Waals surface area (Å²) >= 11 is 0. The third kappa shape index (κ3) is 6.94. The highest BCUT2D eigenvalue weighted by atomic mass is 19.4. The number of benzene rings is 1. The van der Waals surface area contributed by atoms with Gasteiger partial charge in [0, 0.05) is 19.0 Å². The van der Waals surface area contributed by atoms with Crippen molar-refractivity contribution in [1.29, 1.82) is 0 Å². The van der Waals surface area contributed by atoms with Gasteiger partial charge in [0.15, 0.2) is 23.2 Å². The summed E-state index contributed by atoms with van der Waals surface area (Å²) in [5, 5.41) is 6.88. The number of nitrogens with one attached hydrogen (secondary N) is 3. The number of amides is 4. The lowest BCUT2D eigenvalue weighted by molar-refractivity contribution is -0.176. The second-order valence-electron chi connectivity index (χ2n) is 13.7. The SMILES string of the molecule is CC(C)(C)C(NC(=O)C(F)(F)F)C(=O)N1CC2C(C1C(=O)NC(CC1CCNC1=O)C(=O)COc1c(F)ccc(F)c1F)C2(C)C. The van der Waals surface area contributed by atoms with E-state index in [0.717, 1.165) is 4.90 Å². The Balaban J connectivity index is 1.59. The van der Waals surface area contributed by atoms with E-state index in [4.69, 9.17) is 4.74 Å². The predicted octanol–water partition coefficient (Wildman–Crippen LogP) is 2.64. The van der Waals surface area contributed by atoms with Crippen molar-refractivity contribution >= 4 is 29.4 Å². The zero-order chi connectivity index (χ0) is 34.5. The zero-order valence-corrected chi connectivity index (χ0v) is 25.8. The fourth-order valence-corrected chi connectivity index (χ4v) is 6.41. The van der Waals surface area contributed by atoms with E-state index in [1.54, 1.807) is 5.32 Å². The molecule has 3 fully saturated rings. The lowest BCUT2D eigenvalue weighted by Crippen LogP contribution is -2.61. The number of nitrogens with zero attached hydrogens (tertiary/aromatic N) is 1. The largest absolute Gasteiger partial charge is 0.480 e. The van der Waals surface area contributed by atoms with Gasteiger partial charge in [-0.1, -0.05) is 34.6 Å². The maximum Gasteiger partial charge on any atom is 0.471 e. The van der Waals surface area contributed by atoms with Gasteiger partial charge < -0.3 is 25.6 Å². The highest BCUT2D eigenvalue weighted by Gasteiger charge is 2.70. The Labute approximate surface area is 260 Å². The van der Waals surface area contributed by atoms with E-state index in [-0.39, 0.29) is 18.9 Å². The molecule has 1 aromatic rings. The Morgan fingerprint density at radius 1 is 1.07 bits per heavy atom. The number of Topliss-reactive ketones (excluding diaryl/α,β-unsaturated/α-hetero) is 1. The van der Waals surface area contributed by atoms with E-state index >= 15 is 0 Å². The molecule has 4 rings (SSSR count). The molecular formula is C30H36F6N4O6. The van der Waals surface area contributed by atoms with Crippen LogP contribution >= 0.6 is 0 Å². The van der Waals surface area contributed by atoms with Crippen LogP contribution in [0.25, 0.3) is 0 Å². The first-order valence-electron chi connectivity index (χ1n) is 14.7. The van der Waals surface area contributed by atoms with Crippen LogP contribution in [0.5, 0.6) is 5.75 Å². The van der Waals surface area contributed by atoms with E-state index in [0.29, 0.717) is 25.1 Å². The van der Waals surface area contributed by atoms with Crippen molar-refractivity contribution in [3.05, 3.63) is 29.6 Å². The van der Waals surface area contributed by atoms with Crippen molar-refractivity contribution in [2.45, 2.75) is 71.8 Å². The number of likely N-dealkylation sites (tertiary alicyclic amines) is 1. The average Bonchev–Trinajstić information content (AvgIpc) is 3.29. The quantitative estimate of drug-likeness (QED) is 0.261. The number of ether oxygens (including phenoxy) is 1. The zero-order valence-electron chi connectivity index (χ0n) is 25.8. The van der Waals surface area contributed by atoms with Gasteiger partial charge in [0.1, 0.15) is 18.7 Å². The fourth-order valence-electron chi connectivity index (χ4n) is 6.41. The minimum atomic E-state index is -5.27. The molecule has 3 N–H and O–H groups in total. The van der Waals surface area contributed by atoms with Crippen molar-refractivity contribution < 1.29 is 55.1 Å². The summed E-state index contributed by atoms with van der Waals surface area (Å²) in [7, 11) is 0. The van der Waals surface area contributed by atoms with Crippen LogP contribution < -0.4 is 20.7 Å². The molecule has 10 nitrogen and oxygen atoms in total. The summed E-state index contributed by atoms with van der Waals surface area (Å²) in [5.74, 6) is -12.3. The molecule has 6 unspecified atom stereocenters. The molecule has 46 heavy (non-hydrogen) atoms. The Morgan fingerprint density at radius 3 is 2.26 bits per heavy atom. The minimum Gasteiger partial charge on any atom is -0.480 e. The lowest BCUT2D eigenvalue weighted by Gasteiger charge is -2.38. The monoisotopic (exact) mass is 662 g/mol. The van der Waals surface area contributed by atoms with Gasteiger partial charge in [0.05, 0.1) is 6.04 Å². The van der Waals surface area contributed by atoms with Gasteiger partial charge in [-0.15, -0.1) is 0 Å². The molecule has 0 aromatic heterocycles. The van der Waals surface area contributed by atoms with Crippen LogP contribution in [0.15, 0.2) is 12.1 Å². The average molecular weight is 663 g/mol. The Bertz CT molecular complexity index is 1430. The molecule has 0 bridgehead atoms. The Morgan fingerprint density at radius 2 is 1.70 bits per heavy atom. The molecule has 2 heterocycles. The molecule has 1 saturated carbocycles. The van der Waals surface area contributed by atoms with Crippen LogP contribution in [-0.2, 0) is 24.0 Å². The Hall–Kier alpha value is -3.85. The molecule has 1 aliphatic carbocycles. The molecule has 3 aliphatic rings. The molecule has 254 valence electrons. The topological polar surface area (TPSA) is 134 Å². The van der Waals surface area contributed by atoms with E-state index in [1.807, 2.05) is 13.8 Å². The summed E-state index contributed by atoms with van der Waals surface area (Å²) in [6, 6.07) is -3.25. The third-order valence-corrected chi connectivity index (χ3v) is 9.15. The first-order chi connectivity index (χ1) is 21.2. The maximum atomic E-state index is 14.1. The highest BCUT2D eigenvalue weighted by molar-refractivity contribution is 5.97. The van der Waals surface area contributed by atoms with Gasteiger partial charge in [-0.25, -0.2) is 8.78 Å². The Kier molecular flexibility index (Phi) is 9.44. The smallest absolute Gasteiger partial charge is 0.471 e. The van der Waals surface area contributed by atoms with Gasteiger partial charge >= 0.3 is 12.1 Å². The molecule has 2 aliphatic heterocycles. The highest BCUT2D eigenvalue weighted by Crippen LogP contribution is 2.65. The summed E-state index contributed by atoms with van der Waals surface area (Å²) in [6.45, 7) is 7.33. The number of fused-ring (bicyclic) bond motifs is 1. The molecular weight excluding hydrogens is 626 g/mol. The van der Waals surface area contributed by atoms with Crippen molar-refractivity contribution in [3.8, 4) is 5.75 Å².